The Labute approximate surface area is 186 Å². The van der Waals surface area contributed by atoms with Crippen LogP contribution in [0.1, 0.15) is 136 Å². The van der Waals surface area contributed by atoms with E-state index in [4.69, 9.17) is 16.7 Å². The summed E-state index contributed by atoms with van der Waals surface area (Å²) < 4.78 is 0. The van der Waals surface area contributed by atoms with Crippen molar-refractivity contribution in [2.75, 3.05) is 5.88 Å². The van der Waals surface area contributed by atoms with Gasteiger partial charge in [-0.25, -0.2) is 0 Å². The van der Waals surface area contributed by atoms with Crippen LogP contribution in [0.3, 0.4) is 0 Å². The standard InChI is InChI=1S/C18H36O2.C5H11Cl.Cr/c1-2-3-4-5-6-7-8-9-10-11-12-13-14-15-16-17-18(19)20;1-2-3-4-5-6;/h2-17H2,1H3,(H,19,20);2-5H2,1H3;. The number of aliphatic carboxylic acids is 1. The number of halogens is 1. The van der Waals surface area contributed by atoms with Crippen LogP contribution in [0, 0.1) is 0 Å². The second-order valence-electron chi connectivity index (χ2n) is 7.49. The molecule has 0 spiro atoms. The molecule has 0 aliphatic rings. The third-order valence-corrected chi connectivity index (χ3v) is 5.00. The first kappa shape index (κ1) is 32.0. The van der Waals surface area contributed by atoms with Gasteiger partial charge >= 0.3 is 5.97 Å². The van der Waals surface area contributed by atoms with Crippen molar-refractivity contribution in [3.8, 4) is 0 Å². The average Bonchev–Trinajstić information content (AvgIpc) is 2.63. The van der Waals surface area contributed by atoms with Crippen molar-refractivity contribution in [1.29, 1.82) is 0 Å². The summed E-state index contributed by atoms with van der Waals surface area (Å²) in [5.74, 6) is 0.174. The van der Waals surface area contributed by atoms with Gasteiger partial charge in [-0.1, -0.05) is 117 Å². The summed E-state index contributed by atoms with van der Waals surface area (Å²) >= 11 is 5.38. The van der Waals surface area contributed by atoms with Gasteiger partial charge in [0.15, 0.2) is 0 Å². The molecule has 0 amide bonds. The zero-order valence-corrected chi connectivity index (χ0v) is 20.3. The van der Waals surface area contributed by atoms with Crippen LogP contribution >= 0.6 is 11.6 Å². The van der Waals surface area contributed by atoms with E-state index in [1.165, 1.54) is 103 Å². The summed E-state index contributed by atoms with van der Waals surface area (Å²) in [5, 5.41) is 8.52. The molecular weight excluding hydrogens is 396 g/mol. The van der Waals surface area contributed by atoms with Gasteiger partial charge in [0.25, 0.3) is 0 Å². The molecule has 0 radical (unpaired) electrons. The number of carboxylic acid groups (broad SMARTS) is 1. The van der Waals surface area contributed by atoms with E-state index in [0.717, 1.165) is 18.7 Å². The second kappa shape index (κ2) is 31.0. The van der Waals surface area contributed by atoms with E-state index >= 15 is 0 Å². The minimum absolute atomic E-state index is 0. The summed E-state index contributed by atoms with van der Waals surface area (Å²) in [4.78, 5) is 10.3. The van der Waals surface area contributed by atoms with Crippen LogP contribution in [0.2, 0.25) is 0 Å². The Balaban J connectivity index is -0.000000709. The fourth-order valence-electron chi connectivity index (χ4n) is 2.99. The number of hydrogen-bond acceptors (Lipinski definition) is 1. The van der Waals surface area contributed by atoms with Gasteiger partial charge in [0.1, 0.15) is 0 Å². The summed E-state index contributed by atoms with van der Waals surface area (Å²) in [6.45, 7) is 4.44. The Kier molecular flexibility index (Phi) is 36.7. The molecule has 0 rings (SSSR count). The molecule has 27 heavy (non-hydrogen) atoms. The minimum Gasteiger partial charge on any atom is -0.481 e. The molecule has 0 aliphatic heterocycles. The Bertz CT molecular complexity index is 259. The molecule has 0 fully saturated rings. The number of carbonyl (C=O) groups is 1. The molecular formula is C23H47ClCrO2. The van der Waals surface area contributed by atoms with E-state index in [2.05, 4.69) is 13.8 Å². The molecule has 0 aromatic rings. The normalized spacial score (nSPS) is 10.0. The number of alkyl halides is 1. The molecule has 0 saturated heterocycles. The molecule has 0 unspecified atom stereocenters. The second-order valence-corrected chi connectivity index (χ2v) is 7.87. The number of hydrogen-bond donors (Lipinski definition) is 1. The van der Waals surface area contributed by atoms with Gasteiger partial charge in [-0.3, -0.25) is 4.79 Å². The Hall–Kier alpha value is 0.292. The van der Waals surface area contributed by atoms with Crippen molar-refractivity contribution in [3.63, 3.8) is 0 Å². The van der Waals surface area contributed by atoms with Gasteiger partial charge in [0, 0.05) is 29.7 Å². The van der Waals surface area contributed by atoms with Crippen LogP contribution in [-0.4, -0.2) is 17.0 Å². The first-order chi connectivity index (χ1) is 12.7. The van der Waals surface area contributed by atoms with Gasteiger partial charge in [-0.05, 0) is 12.8 Å². The van der Waals surface area contributed by atoms with Crippen LogP contribution in [0.25, 0.3) is 0 Å². The SMILES string of the molecule is CCCCCCCCCCCCCCCCCC(=O)O.CCCCCCl.[Cr]. The van der Waals surface area contributed by atoms with Gasteiger partial charge in [-0.2, -0.15) is 0 Å². The first-order valence-electron chi connectivity index (χ1n) is 11.5. The van der Waals surface area contributed by atoms with Crippen molar-refractivity contribution < 1.29 is 27.3 Å². The van der Waals surface area contributed by atoms with E-state index in [-0.39, 0.29) is 17.4 Å². The molecule has 164 valence electrons. The van der Waals surface area contributed by atoms with Crippen LogP contribution in [0.4, 0.5) is 0 Å². The third kappa shape index (κ3) is 37.7. The van der Waals surface area contributed by atoms with Gasteiger partial charge in [0.2, 0.25) is 0 Å². The zero-order valence-electron chi connectivity index (χ0n) is 18.3. The molecule has 4 heteroatoms. The van der Waals surface area contributed by atoms with Crippen molar-refractivity contribution in [2.45, 2.75) is 136 Å². The summed E-state index contributed by atoms with van der Waals surface area (Å²) in [5.41, 5.74) is 0. The van der Waals surface area contributed by atoms with Crippen molar-refractivity contribution in [2.24, 2.45) is 0 Å². The summed E-state index contributed by atoms with van der Waals surface area (Å²) in [6.07, 6.45) is 23.9. The Morgan fingerprint density at radius 2 is 0.889 bits per heavy atom. The average molecular weight is 443 g/mol. The maximum Gasteiger partial charge on any atom is 0.303 e. The van der Waals surface area contributed by atoms with E-state index < -0.39 is 5.97 Å². The van der Waals surface area contributed by atoms with Crippen LogP contribution in [-0.2, 0) is 22.2 Å². The smallest absolute Gasteiger partial charge is 0.303 e. The quantitative estimate of drug-likeness (QED) is 0.160. The van der Waals surface area contributed by atoms with Gasteiger partial charge in [-0.15, -0.1) is 11.6 Å². The molecule has 0 heterocycles. The predicted octanol–water partition coefficient (Wildman–Crippen LogP) is 8.75. The van der Waals surface area contributed by atoms with E-state index in [1.807, 2.05) is 0 Å². The number of unbranched alkanes of at least 4 members (excludes halogenated alkanes) is 16. The molecule has 0 saturated carbocycles. The topological polar surface area (TPSA) is 37.3 Å². The fourth-order valence-corrected chi connectivity index (χ4v) is 3.18. The predicted molar refractivity (Wildman–Crippen MR) is 117 cm³/mol. The van der Waals surface area contributed by atoms with Crippen LogP contribution in [0.5, 0.6) is 0 Å². The Morgan fingerprint density at radius 3 is 1.15 bits per heavy atom. The van der Waals surface area contributed by atoms with E-state index in [9.17, 15) is 4.79 Å². The molecule has 1 N–H and O–H groups in total. The molecule has 0 bridgehead atoms. The molecule has 0 aromatic carbocycles. The summed E-state index contributed by atoms with van der Waals surface area (Å²) in [7, 11) is 0. The third-order valence-electron chi connectivity index (χ3n) is 4.73. The molecule has 0 aromatic heterocycles. The Morgan fingerprint density at radius 1 is 0.593 bits per heavy atom. The van der Waals surface area contributed by atoms with Gasteiger partial charge in [0.05, 0.1) is 0 Å². The number of rotatable bonds is 19. The molecule has 0 atom stereocenters. The molecule has 2 nitrogen and oxygen atoms in total. The van der Waals surface area contributed by atoms with Crippen molar-refractivity contribution in [3.05, 3.63) is 0 Å². The zero-order chi connectivity index (χ0) is 19.7. The van der Waals surface area contributed by atoms with E-state index in [0.29, 0.717) is 6.42 Å². The summed E-state index contributed by atoms with van der Waals surface area (Å²) in [6, 6.07) is 0. The fraction of sp³-hybridized carbons (Fsp3) is 0.957. The van der Waals surface area contributed by atoms with Crippen molar-refractivity contribution in [1.82, 2.24) is 0 Å². The maximum absolute atomic E-state index is 10.3. The van der Waals surface area contributed by atoms with Crippen LogP contribution < -0.4 is 0 Å². The number of carboxylic acids is 1. The monoisotopic (exact) mass is 442 g/mol. The molecule has 0 aliphatic carbocycles. The maximum atomic E-state index is 10.3. The largest absolute Gasteiger partial charge is 0.481 e. The van der Waals surface area contributed by atoms with Crippen LogP contribution in [0.15, 0.2) is 0 Å². The van der Waals surface area contributed by atoms with Crippen molar-refractivity contribution >= 4 is 17.6 Å². The van der Waals surface area contributed by atoms with Gasteiger partial charge < -0.3 is 5.11 Å². The minimum atomic E-state index is -0.653. The first-order valence-corrected chi connectivity index (χ1v) is 12.0. The van der Waals surface area contributed by atoms with E-state index in [1.54, 1.807) is 0 Å².